The number of amides is 1. The quantitative estimate of drug-likeness (QED) is 0.652. The van der Waals surface area contributed by atoms with Crippen molar-refractivity contribution >= 4 is 29.3 Å². The molecule has 1 aliphatic rings. The topological polar surface area (TPSA) is 32.3 Å². The highest BCUT2D eigenvalue weighted by atomic mass is 35.5. The third-order valence-corrected chi connectivity index (χ3v) is 6.27. The van der Waals surface area contributed by atoms with E-state index in [4.69, 9.17) is 11.6 Å². The van der Waals surface area contributed by atoms with Crippen molar-refractivity contribution in [3.05, 3.63) is 64.7 Å². The molecule has 0 aliphatic carbocycles. The van der Waals surface area contributed by atoms with Gasteiger partial charge in [0.2, 0.25) is 5.91 Å². The summed E-state index contributed by atoms with van der Waals surface area (Å²) in [4.78, 5) is 16.1. The molecule has 0 spiro atoms. The average molecular weight is 403 g/mol. The number of piperidine rings is 1. The van der Waals surface area contributed by atoms with Crippen molar-refractivity contribution in [3.63, 3.8) is 0 Å². The first-order valence-corrected chi connectivity index (χ1v) is 10.9. The third-order valence-electron chi connectivity index (χ3n) is 4.91. The lowest BCUT2D eigenvalue weighted by atomic mass is 10.0. The van der Waals surface area contributed by atoms with Gasteiger partial charge in [0, 0.05) is 23.0 Å². The van der Waals surface area contributed by atoms with Crippen molar-refractivity contribution in [3.8, 4) is 0 Å². The van der Waals surface area contributed by atoms with E-state index in [1.54, 1.807) is 11.8 Å². The van der Waals surface area contributed by atoms with E-state index in [-0.39, 0.29) is 11.2 Å². The Hall–Kier alpha value is -1.49. The molecule has 0 bridgehead atoms. The van der Waals surface area contributed by atoms with Crippen molar-refractivity contribution in [1.82, 2.24) is 10.2 Å². The molecule has 3 nitrogen and oxygen atoms in total. The number of hydrogen-bond acceptors (Lipinski definition) is 3. The fraction of sp³-hybridized carbons (Fsp3) is 0.409. The van der Waals surface area contributed by atoms with E-state index in [1.165, 1.54) is 43.5 Å². The summed E-state index contributed by atoms with van der Waals surface area (Å²) in [5, 5.41) is 3.66. The molecule has 5 heteroatoms. The zero-order valence-electron chi connectivity index (χ0n) is 15.8. The SMILES string of the molecule is CC(Sc1ccc(Cl)cc1)C(=O)NCc1ccccc1CN1CCCCC1. The summed E-state index contributed by atoms with van der Waals surface area (Å²) in [5.41, 5.74) is 2.53. The van der Waals surface area contributed by atoms with Gasteiger partial charge in [0.15, 0.2) is 0 Å². The van der Waals surface area contributed by atoms with Crippen LogP contribution in [0.25, 0.3) is 0 Å². The number of benzene rings is 2. The van der Waals surface area contributed by atoms with Crippen LogP contribution in [0.3, 0.4) is 0 Å². The molecule has 27 heavy (non-hydrogen) atoms. The molecule has 0 saturated carbocycles. The lowest BCUT2D eigenvalue weighted by molar-refractivity contribution is -0.120. The van der Waals surface area contributed by atoms with Gasteiger partial charge in [-0.05, 0) is 68.2 Å². The van der Waals surface area contributed by atoms with Gasteiger partial charge in [-0.1, -0.05) is 42.3 Å². The third kappa shape index (κ3) is 6.27. The summed E-state index contributed by atoms with van der Waals surface area (Å²) < 4.78 is 0. The Bertz CT molecular complexity index is 744. The first kappa shape index (κ1) is 20.2. The molecule has 0 radical (unpaired) electrons. The molecule has 0 aromatic heterocycles. The van der Waals surface area contributed by atoms with E-state index in [0.717, 1.165) is 11.4 Å². The summed E-state index contributed by atoms with van der Waals surface area (Å²) in [5.74, 6) is 0.0581. The van der Waals surface area contributed by atoms with Crippen molar-refractivity contribution in [1.29, 1.82) is 0 Å². The van der Waals surface area contributed by atoms with Crippen LogP contribution in [0.2, 0.25) is 5.02 Å². The Labute approximate surface area is 171 Å². The van der Waals surface area contributed by atoms with E-state index in [9.17, 15) is 4.79 Å². The zero-order chi connectivity index (χ0) is 19.1. The Morgan fingerprint density at radius 1 is 1.07 bits per heavy atom. The second kappa shape index (κ2) is 10.2. The molecule has 144 valence electrons. The molecule has 1 atom stereocenters. The van der Waals surface area contributed by atoms with Crippen molar-refractivity contribution < 1.29 is 4.79 Å². The summed E-state index contributed by atoms with van der Waals surface area (Å²) in [6.45, 7) is 5.84. The van der Waals surface area contributed by atoms with Gasteiger partial charge in [-0.3, -0.25) is 9.69 Å². The van der Waals surface area contributed by atoms with Crippen LogP contribution in [-0.4, -0.2) is 29.1 Å². The molecule has 1 heterocycles. The molecule has 1 N–H and O–H groups in total. The maximum atomic E-state index is 12.5. The summed E-state index contributed by atoms with van der Waals surface area (Å²) in [6, 6.07) is 16.0. The maximum absolute atomic E-state index is 12.5. The molecular formula is C22H27ClN2OS. The largest absolute Gasteiger partial charge is 0.351 e. The van der Waals surface area contributed by atoms with Crippen molar-refractivity contribution in [2.45, 2.75) is 49.4 Å². The molecule has 3 rings (SSSR count). The Balaban J connectivity index is 1.54. The van der Waals surface area contributed by atoms with E-state index in [2.05, 4.69) is 28.4 Å². The maximum Gasteiger partial charge on any atom is 0.233 e. The van der Waals surface area contributed by atoms with Crippen molar-refractivity contribution in [2.24, 2.45) is 0 Å². The van der Waals surface area contributed by atoms with Gasteiger partial charge in [-0.25, -0.2) is 0 Å². The molecule has 2 aromatic rings. The van der Waals surface area contributed by atoms with E-state index in [1.807, 2.05) is 37.3 Å². The Morgan fingerprint density at radius 3 is 2.44 bits per heavy atom. The van der Waals surface area contributed by atoms with Gasteiger partial charge < -0.3 is 5.32 Å². The standard InChI is InChI=1S/C22H27ClN2OS/c1-17(27-21-11-9-20(23)10-12-21)22(26)24-15-18-7-3-4-8-19(18)16-25-13-5-2-6-14-25/h3-4,7-12,17H,2,5-6,13-16H2,1H3,(H,24,26). The Kier molecular flexibility index (Phi) is 7.62. The van der Waals surface area contributed by atoms with Gasteiger partial charge in [0.05, 0.1) is 5.25 Å². The molecule has 1 aliphatic heterocycles. The van der Waals surface area contributed by atoms with Crippen LogP contribution >= 0.6 is 23.4 Å². The normalized spacial score (nSPS) is 16.1. The van der Waals surface area contributed by atoms with Gasteiger partial charge in [-0.2, -0.15) is 0 Å². The molecule has 1 unspecified atom stereocenters. The number of carbonyl (C=O) groups is 1. The van der Waals surface area contributed by atoms with Gasteiger partial charge >= 0.3 is 0 Å². The highest BCUT2D eigenvalue weighted by Gasteiger charge is 2.16. The predicted octanol–water partition coefficient (Wildman–Crippen LogP) is 5.12. The highest BCUT2D eigenvalue weighted by Crippen LogP contribution is 2.25. The number of nitrogens with zero attached hydrogens (tertiary/aromatic N) is 1. The second-order valence-electron chi connectivity index (χ2n) is 7.04. The number of halogens is 1. The van der Waals surface area contributed by atoms with Gasteiger partial charge in [-0.15, -0.1) is 11.8 Å². The van der Waals surface area contributed by atoms with Crippen LogP contribution in [0.1, 0.15) is 37.3 Å². The second-order valence-corrected chi connectivity index (χ2v) is 8.89. The number of carbonyl (C=O) groups excluding carboxylic acids is 1. The highest BCUT2D eigenvalue weighted by molar-refractivity contribution is 8.00. The van der Waals surface area contributed by atoms with Crippen LogP contribution < -0.4 is 5.32 Å². The predicted molar refractivity (Wildman–Crippen MR) is 114 cm³/mol. The number of likely N-dealkylation sites (tertiary alicyclic amines) is 1. The van der Waals surface area contributed by atoms with Crippen LogP contribution in [0.4, 0.5) is 0 Å². The minimum absolute atomic E-state index is 0.0581. The fourth-order valence-electron chi connectivity index (χ4n) is 3.34. The van der Waals surface area contributed by atoms with Gasteiger partial charge in [0.1, 0.15) is 0 Å². The van der Waals surface area contributed by atoms with Gasteiger partial charge in [0.25, 0.3) is 0 Å². The molecule has 1 saturated heterocycles. The number of rotatable bonds is 7. The van der Waals surface area contributed by atoms with Crippen LogP contribution in [0, 0.1) is 0 Å². The lowest BCUT2D eigenvalue weighted by Gasteiger charge is -2.27. The summed E-state index contributed by atoms with van der Waals surface area (Å²) in [7, 11) is 0. The molecule has 1 fully saturated rings. The van der Waals surface area contributed by atoms with Crippen LogP contribution in [-0.2, 0) is 17.9 Å². The molecule has 1 amide bonds. The Morgan fingerprint density at radius 2 is 1.74 bits per heavy atom. The van der Waals surface area contributed by atoms with Crippen LogP contribution in [0.5, 0.6) is 0 Å². The number of hydrogen-bond donors (Lipinski definition) is 1. The van der Waals surface area contributed by atoms with Crippen LogP contribution in [0.15, 0.2) is 53.4 Å². The lowest BCUT2D eigenvalue weighted by Crippen LogP contribution is -2.32. The summed E-state index contributed by atoms with van der Waals surface area (Å²) >= 11 is 7.47. The van der Waals surface area contributed by atoms with Crippen molar-refractivity contribution in [2.75, 3.05) is 13.1 Å². The van der Waals surface area contributed by atoms with E-state index in [0.29, 0.717) is 11.6 Å². The molecule has 2 aromatic carbocycles. The molecular weight excluding hydrogens is 376 g/mol. The first-order chi connectivity index (χ1) is 13.1. The minimum Gasteiger partial charge on any atom is -0.351 e. The minimum atomic E-state index is -0.152. The fourth-order valence-corrected chi connectivity index (χ4v) is 4.36. The first-order valence-electron chi connectivity index (χ1n) is 9.61. The smallest absolute Gasteiger partial charge is 0.233 e. The number of nitrogens with one attached hydrogen (secondary N) is 1. The van der Waals surface area contributed by atoms with E-state index < -0.39 is 0 Å². The average Bonchev–Trinajstić information content (AvgIpc) is 2.69. The van der Waals surface area contributed by atoms with E-state index >= 15 is 0 Å². The zero-order valence-corrected chi connectivity index (χ0v) is 17.4. The monoisotopic (exact) mass is 402 g/mol. The summed E-state index contributed by atoms with van der Waals surface area (Å²) in [6.07, 6.45) is 3.92. The number of thioether (sulfide) groups is 1.